The van der Waals surface area contributed by atoms with Crippen LogP contribution in [0.15, 0.2) is 46.5 Å². The van der Waals surface area contributed by atoms with E-state index in [0.29, 0.717) is 36.0 Å². The molecule has 4 rings (SSSR count). The largest absolute Gasteiger partial charge is 0.442 e. The van der Waals surface area contributed by atoms with E-state index < -0.39 is 11.9 Å². The molecule has 1 aromatic carbocycles. The van der Waals surface area contributed by atoms with Gasteiger partial charge in [-0.15, -0.1) is 11.3 Å². The maximum absolute atomic E-state index is 14.7. The van der Waals surface area contributed by atoms with E-state index in [2.05, 4.69) is 15.2 Å². The van der Waals surface area contributed by atoms with E-state index in [-0.39, 0.29) is 24.2 Å². The smallest absolute Gasteiger partial charge is 0.274 e. The van der Waals surface area contributed by atoms with Crippen LogP contribution >= 0.6 is 22.9 Å². The number of carbonyl (C=O) groups is 1. The second kappa shape index (κ2) is 9.26. The molecule has 1 fully saturated rings. The van der Waals surface area contributed by atoms with E-state index in [4.69, 9.17) is 20.8 Å². The molecule has 158 valence electrons. The van der Waals surface area contributed by atoms with Crippen LogP contribution in [0.1, 0.15) is 29.0 Å². The number of thiophene rings is 1. The first-order valence-corrected chi connectivity index (χ1v) is 10.9. The van der Waals surface area contributed by atoms with Gasteiger partial charge in [0.05, 0.1) is 23.6 Å². The minimum absolute atomic E-state index is 0.00321. The molecule has 2 atom stereocenters. The summed E-state index contributed by atoms with van der Waals surface area (Å²) in [7, 11) is 0. The molecular weight excluding hydrogens is 429 g/mol. The lowest BCUT2D eigenvalue weighted by Gasteiger charge is -2.38. The van der Waals surface area contributed by atoms with Gasteiger partial charge in [-0.05, 0) is 30.5 Å². The van der Waals surface area contributed by atoms with E-state index in [1.807, 2.05) is 24.4 Å². The first-order chi connectivity index (χ1) is 14.5. The summed E-state index contributed by atoms with van der Waals surface area (Å²) in [5.74, 6) is -0.365. The summed E-state index contributed by atoms with van der Waals surface area (Å²) in [6.45, 7) is 3.88. The summed E-state index contributed by atoms with van der Waals surface area (Å²) in [5.41, 5.74) is 0.568. The van der Waals surface area contributed by atoms with Crippen molar-refractivity contribution in [3.05, 3.63) is 64.2 Å². The zero-order valence-corrected chi connectivity index (χ0v) is 17.9. The van der Waals surface area contributed by atoms with Gasteiger partial charge < -0.3 is 14.5 Å². The molecule has 0 bridgehead atoms. The maximum atomic E-state index is 14.7. The van der Waals surface area contributed by atoms with Crippen LogP contribution in [0, 0.1) is 5.82 Å². The van der Waals surface area contributed by atoms with Crippen molar-refractivity contribution in [2.45, 2.75) is 19.1 Å². The highest BCUT2D eigenvalue weighted by molar-refractivity contribution is 7.13. The van der Waals surface area contributed by atoms with Gasteiger partial charge in [-0.25, -0.2) is 9.37 Å². The Morgan fingerprint density at radius 2 is 2.30 bits per heavy atom. The number of morpholine rings is 1. The van der Waals surface area contributed by atoms with Crippen LogP contribution in [0.5, 0.6) is 0 Å². The Morgan fingerprint density at radius 1 is 1.43 bits per heavy atom. The average Bonchev–Trinajstić information content (AvgIpc) is 3.41. The van der Waals surface area contributed by atoms with Crippen molar-refractivity contribution in [2.75, 3.05) is 26.2 Å². The summed E-state index contributed by atoms with van der Waals surface area (Å²) < 4.78 is 25.8. The first-order valence-electron chi connectivity index (χ1n) is 9.59. The zero-order chi connectivity index (χ0) is 21.1. The third kappa shape index (κ3) is 4.41. The van der Waals surface area contributed by atoms with Crippen molar-refractivity contribution in [3.8, 4) is 10.6 Å². The van der Waals surface area contributed by atoms with Gasteiger partial charge in [-0.1, -0.05) is 23.7 Å². The molecule has 1 aliphatic rings. The third-order valence-corrected chi connectivity index (χ3v) is 6.23. The topological polar surface area (TPSA) is 67.6 Å². The number of ether oxygens (including phenoxy) is 1. The number of hydrogen-bond acceptors (Lipinski definition) is 6. The fourth-order valence-electron chi connectivity index (χ4n) is 3.63. The number of hydrogen-bond donors (Lipinski definition) is 1. The van der Waals surface area contributed by atoms with Crippen molar-refractivity contribution in [3.63, 3.8) is 0 Å². The molecule has 1 N–H and O–H groups in total. The van der Waals surface area contributed by atoms with Gasteiger partial charge in [-0.3, -0.25) is 9.69 Å². The molecule has 30 heavy (non-hydrogen) atoms. The Balaban J connectivity index is 1.57. The second-order valence-corrected chi connectivity index (χ2v) is 8.40. The van der Waals surface area contributed by atoms with Gasteiger partial charge in [-0.2, -0.15) is 0 Å². The van der Waals surface area contributed by atoms with Gasteiger partial charge >= 0.3 is 0 Å². The number of carbonyl (C=O) groups excluding carboxylic acids is 1. The molecule has 1 amide bonds. The molecule has 0 saturated carbocycles. The lowest BCUT2D eigenvalue weighted by molar-refractivity contribution is -0.0346. The van der Waals surface area contributed by atoms with Crippen LogP contribution in [0.3, 0.4) is 0 Å². The highest BCUT2D eigenvalue weighted by Crippen LogP contribution is 2.32. The van der Waals surface area contributed by atoms with E-state index >= 15 is 0 Å². The molecule has 1 aliphatic heterocycles. The number of nitrogens with one attached hydrogen (secondary N) is 1. The Bertz CT molecular complexity index is 991. The fraction of sp³-hybridized carbons (Fsp3) is 0.333. The summed E-state index contributed by atoms with van der Waals surface area (Å²) in [6.07, 6.45) is 1.25. The molecule has 9 heteroatoms. The molecule has 3 heterocycles. The average molecular weight is 450 g/mol. The number of benzene rings is 1. The number of nitrogens with zero attached hydrogens (tertiary/aromatic N) is 2. The standard InChI is InChI=1S/C21H21ClFN3O3S/c1-13-11-26(7-8-28-13)16(18-14(22)4-2-5-15(18)23)10-24-21(27)19-20(29-12-25-19)17-6-3-9-30-17/h2-6,9,12-13,16H,7-8,10-11H2,1H3,(H,24,27). The molecule has 2 unspecified atom stereocenters. The number of amides is 1. The highest BCUT2D eigenvalue weighted by Gasteiger charge is 2.30. The second-order valence-electron chi connectivity index (χ2n) is 7.04. The van der Waals surface area contributed by atoms with Crippen molar-refractivity contribution in [1.29, 1.82) is 0 Å². The van der Waals surface area contributed by atoms with Crippen LogP contribution in [0.4, 0.5) is 4.39 Å². The van der Waals surface area contributed by atoms with E-state index in [1.165, 1.54) is 23.8 Å². The van der Waals surface area contributed by atoms with Crippen LogP contribution in [0.2, 0.25) is 5.02 Å². The maximum Gasteiger partial charge on any atom is 0.274 e. The fourth-order valence-corrected chi connectivity index (χ4v) is 4.64. The Labute approximate surface area is 182 Å². The normalized spacial score (nSPS) is 18.3. The number of halogens is 2. The molecule has 1 saturated heterocycles. The summed E-state index contributed by atoms with van der Waals surface area (Å²) in [6, 6.07) is 7.91. The molecule has 2 aromatic heterocycles. The van der Waals surface area contributed by atoms with Crippen LogP contribution in [-0.4, -0.2) is 48.1 Å². The van der Waals surface area contributed by atoms with Crippen LogP contribution < -0.4 is 5.32 Å². The van der Waals surface area contributed by atoms with E-state index in [1.54, 1.807) is 12.1 Å². The van der Waals surface area contributed by atoms with Crippen molar-refractivity contribution >= 4 is 28.8 Å². The highest BCUT2D eigenvalue weighted by atomic mass is 35.5. The predicted octanol–water partition coefficient (Wildman–Crippen LogP) is 4.39. The SMILES string of the molecule is CC1CN(C(CNC(=O)c2ncoc2-c2cccs2)c2c(F)cccc2Cl)CCO1. The number of aromatic nitrogens is 1. The van der Waals surface area contributed by atoms with Crippen LogP contribution in [0.25, 0.3) is 10.6 Å². The minimum atomic E-state index is -0.439. The number of rotatable bonds is 6. The lowest BCUT2D eigenvalue weighted by Crippen LogP contribution is -2.47. The van der Waals surface area contributed by atoms with Crippen LogP contribution in [-0.2, 0) is 4.74 Å². The van der Waals surface area contributed by atoms with Gasteiger partial charge in [0.2, 0.25) is 0 Å². The van der Waals surface area contributed by atoms with Crippen molar-refractivity contribution in [2.24, 2.45) is 0 Å². The molecule has 0 aliphatic carbocycles. The Morgan fingerprint density at radius 3 is 3.03 bits per heavy atom. The monoisotopic (exact) mass is 449 g/mol. The molecular formula is C21H21ClFN3O3S. The van der Waals surface area contributed by atoms with Gasteiger partial charge in [0, 0.05) is 30.2 Å². The molecule has 0 radical (unpaired) electrons. The summed E-state index contributed by atoms with van der Waals surface area (Å²) >= 11 is 7.81. The summed E-state index contributed by atoms with van der Waals surface area (Å²) in [4.78, 5) is 19.9. The third-order valence-electron chi connectivity index (χ3n) is 5.03. The Kier molecular flexibility index (Phi) is 6.48. The van der Waals surface area contributed by atoms with Crippen molar-refractivity contribution < 1.29 is 18.3 Å². The van der Waals surface area contributed by atoms with Crippen molar-refractivity contribution in [1.82, 2.24) is 15.2 Å². The zero-order valence-electron chi connectivity index (χ0n) is 16.3. The van der Waals surface area contributed by atoms with Gasteiger partial charge in [0.1, 0.15) is 5.82 Å². The van der Waals surface area contributed by atoms with Gasteiger partial charge in [0.15, 0.2) is 17.8 Å². The van der Waals surface area contributed by atoms with Gasteiger partial charge in [0.25, 0.3) is 5.91 Å². The molecule has 6 nitrogen and oxygen atoms in total. The first kappa shape index (κ1) is 21.0. The lowest BCUT2D eigenvalue weighted by atomic mass is 10.0. The minimum Gasteiger partial charge on any atom is -0.442 e. The quantitative estimate of drug-likeness (QED) is 0.604. The van der Waals surface area contributed by atoms with E-state index in [9.17, 15) is 9.18 Å². The van der Waals surface area contributed by atoms with E-state index in [0.717, 1.165) is 4.88 Å². The molecule has 3 aromatic rings. The summed E-state index contributed by atoms with van der Waals surface area (Å²) in [5, 5.41) is 5.11. The predicted molar refractivity (Wildman–Crippen MR) is 113 cm³/mol. The molecule has 0 spiro atoms. The Hall–Kier alpha value is -2.26. The number of oxazole rings is 1.